The number of Topliss-reactive ketones (excluding diaryl/α,β-unsaturated/α-hetero) is 1. The fourth-order valence-electron chi connectivity index (χ4n) is 2.27. The summed E-state index contributed by atoms with van der Waals surface area (Å²) in [6.45, 7) is 4.07. The molecule has 120 valence electrons. The third kappa shape index (κ3) is 3.90. The van der Waals surface area contributed by atoms with E-state index in [1.165, 1.54) is 7.05 Å². The lowest BCUT2D eigenvalue weighted by Gasteiger charge is -2.13. The smallest absolute Gasteiger partial charge is 0.292 e. The highest BCUT2D eigenvalue weighted by atomic mass is 35.5. The molecular weight excluding hydrogens is 314 g/mol. The van der Waals surface area contributed by atoms with Crippen LogP contribution in [-0.4, -0.2) is 18.7 Å². The van der Waals surface area contributed by atoms with E-state index in [0.29, 0.717) is 16.3 Å². The van der Waals surface area contributed by atoms with E-state index in [1.807, 2.05) is 32.0 Å². The first-order chi connectivity index (χ1) is 10.9. The van der Waals surface area contributed by atoms with Gasteiger partial charge in [0.1, 0.15) is 12.4 Å². The molecule has 0 fully saturated rings. The Morgan fingerprint density at radius 3 is 2.57 bits per heavy atom. The zero-order chi connectivity index (χ0) is 17.0. The fourth-order valence-corrected chi connectivity index (χ4v) is 2.49. The second-order valence-electron chi connectivity index (χ2n) is 5.23. The van der Waals surface area contributed by atoms with Crippen molar-refractivity contribution in [1.29, 1.82) is 0 Å². The molecular formula is C18H18ClNO3. The molecule has 0 bridgehead atoms. The lowest BCUT2D eigenvalue weighted by Crippen LogP contribution is -2.28. The van der Waals surface area contributed by atoms with Gasteiger partial charge < -0.3 is 10.1 Å². The largest absolute Gasteiger partial charge is 0.489 e. The number of likely N-dealkylation sites (N-methyl/N-ethyl adjacent to an activating group) is 1. The van der Waals surface area contributed by atoms with Crippen molar-refractivity contribution < 1.29 is 14.3 Å². The number of ether oxygens (including phenoxy) is 1. The van der Waals surface area contributed by atoms with Crippen molar-refractivity contribution in [2.75, 3.05) is 7.05 Å². The molecule has 4 nitrogen and oxygen atoms in total. The van der Waals surface area contributed by atoms with Gasteiger partial charge in [-0.15, -0.1) is 0 Å². The SMILES string of the molecule is CNC(=O)C(=O)c1cccc(Cl)c1COc1ccc(C)cc1C. The van der Waals surface area contributed by atoms with Crippen molar-refractivity contribution in [2.24, 2.45) is 0 Å². The summed E-state index contributed by atoms with van der Waals surface area (Å²) in [7, 11) is 1.41. The molecule has 1 N–H and O–H groups in total. The third-order valence-corrected chi connectivity index (χ3v) is 3.85. The van der Waals surface area contributed by atoms with Crippen molar-refractivity contribution in [3.05, 3.63) is 63.7 Å². The number of benzene rings is 2. The van der Waals surface area contributed by atoms with Crippen LogP contribution in [0.4, 0.5) is 0 Å². The van der Waals surface area contributed by atoms with E-state index >= 15 is 0 Å². The van der Waals surface area contributed by atoms with Gasteiger partial charge >= 0.3 is 0 Å². The highest BCUT2D eigenvalue weighted by Crippen LogP contribution is 2.25. The van der Waals surface area contributed by atoms with Gasteiger partial charge in [0.2, 0.25) is 0 Å². The molecule has 0 heterocycles. The molecule has 23 heavy (non-hydrogen) atoms. The molecule has 2 aromatic rings. The lowest BCUT2D eigenvalue weighted by atomic mass is 10.0. The van der Waals surface area contributed by atoms with Crippen LogP contribution in [0.5, 0.6) is 5.75 Å². The molecule has 0 unspecified atom stereocenters. The summed E-state index contributed by atoms with van der Waals surface area (Å²) in [4.78, 5) is 23.7. The van der Waals surface area contributed by atoms with Crippen molar-refractivity contribution in [2.45, 2.75) is 20.5 Å². The van der Waals surface area contributed by atoms with Gasteiger partial charge in [0, 0.05) is 23.2 Å². The maximum absolute atomic E-state index is 12.1. The van der Waals surface area contributed by atoms with E-state index in [-0.39, 0.29) is 12.2 Å². The van der Waals surface area contributed by atoms with Crippen LogP contribution in [0, 0.1) is 13.8 Å². The number of ketones is 1. The first-order valence-electron chi connectivity index (χ1n) is 7.18. The third-order valence-electron chi connectivity index (χ3n) is 3.50. The number of halogens is 1. The van der Waals surface area contributed by atoms with Gasteiger partial charge in [-0.1, -0.05) is 41.4 Å². The van der Waals surface area contributed by atoms with Gasteiger partial charge in [-0.05, 0) is 31.5 Å². The number of nitrogens with one attached hydrogen (secondary N) is 1. The second kappa shape index (κ2) is 7.29. The minimum Gasteiger partial charge on any atom is -0.489 e. The Balaban J connectivity index is 2.29. The Morgan fingerprint density at radius 1 is 1.17 bits per heavy atom. The number of carbonyl (C=O) groups is 2. The molecule has 2 rings (SSSR count). The molecule has 1 amide bonds. The Bertz CT molecular complexity index is 756. The predicted octanol–water partition coefficient (Wildman–Crippen LogP) is 3.46. The van der Waals surface area contributed by atoms with Gasteiger partial charge in [0.05, 0.1) is 0 Å². The summed E-state index contributed by atoms with van der Waals surface area (Å²) in [6, 6.07) is 10.7. The molecule has 0 saturated carbocycles. The highest BCUT2D eigenvalue weighted by Gasteiger charge is 2.20. The van der Waals surface area contributed by atoms with Gasteiger partial charge in [-0.2, -0.15) is 0 Å². The van der Waals surface area contributed by atoms with Crippen LogP contribution in [0.3, 0.4) is 0 Å². The minimum atomic E-state index is -0.681. The fraction of sp³-hybridized carbons (Fsp3) is 0.222. The van der Waals surface area contributed by atoms with Crippen LogP contribution < -0.4 is 10.1 Å². The van der Waals surface area contributed by atoms with Crippen molar-refractivity contribution in [3.8, 4) is 5.75 Å². The molecule has 0 aliphatic carbocycles. The summed E-state index contributed by atoms with van der Waals surface area (Å²) in [5, 5.41) is 2.72. The molecule has 0 radical (unpaired) electrons. The van der Waals surface area contributed by atoms with Crippen LogP contribution >= 0.6 is 11.6 Å². The monoisotopic (exact) mass is 331 g/mol. The topological polar surface area (TPSA) is 55.4 Å². The van der Waals surface area contributed by atoms with E-state index in [2.05, 4.69) is 5.32 Å². The maximum Gasteiger partial charge on any atom is 0.292 e. The van der Waals surface area contributed by atoms with Crippen LogP contribution in [0.15, 0.2) is 36.4 Å². The Labute approximate surface area is 140 Å². The van der Waals surface area contributed by atoms with Crippen LogP contribution in [0.2, 0.25) is 5.02 Å². The maximum atomic E-state index is 12.1. The quantitative estimate of drug-likeness (QED) is 0.674. The van der Waals surface area contributed by atoms with Gasteiger partial charge in [0.25, 0.3) is 11.7 Å². The Morgan fingerprint density at radius 2 is 1.91 bits per heavy atom. The zero-order valence-electron chi connectivity index (χ0n) is 13.3. The Hall–Kier alpha value is -2.33. The summed E-state index contributed by atoms with van der Waals surface area (Å²) in [5.41, 5.74) is 2.89. The summed E-state index contributed by atoms with van der Waals surface area (Å²) >= 11 is 6.19. The predicted molar refractivity (Wildman–Crippen MR) is 90.1 cm³/mol. The number of rotatable bonds is 5. The van der Waals surface area contributed by atoms with E-state index in [9.17, 15) is 9.59 Å². The average Bonchev–Trinajstić information content (AvgIpc) is 2.53. The van der Waals surface area contributed by atoms with Crippen molar-refractivity contribution in [1.82, 2.24) is 5.32 Å². The molecule has 0 aliphatic heterocycles. The Kier molecular flexibility index (Phi) is 5.40. The van der Waals surface area contributed by atoms with E-state index < -0.39 is 11.7 Å². The summed E-state index contributed by atoms with van der Waals surface area (Å²) in [6.07, 6.45) is 0. The number of hydrogen-bond acceptors (Lipinski definition) is 3. The van der Waals surface area contributed by atoms with Gasteiger partial charge in [-0.25, -0.2) is 0 Å². The number of carbonyl (C=O) groups excluding carboxylic acids is 2. The summed E-state index contributed by atoms with van der Waals surface area (Å²) < 4.78 is 5.79. The van der Waals surface area contributed by atoms with Crippen LogP contribution in [0.25, 0.3) is 0 Å². The van der Waals surface area contributed by atoms with Gasteiger partial charge in [0.15, 0.2) is 0 Å². The normalized spacial score (nSPS) is 10.3. The molecule has 0 spiro atoms. The lowest BCUT2D eigenvalue weighted by molar-refractivity contribution is -0.116. The number of amides is 1. The molecule has 0 aliphatic rings. The molecule has 0 aromatic heterocycles. The highest BCUT2D eigenvalue weighted by molar-refractivity contribution is 6.43. The number of aryl methyl sites for hydroxylation is 2. The zero-order valence-corrected chi connectivity index (χ0v) is 14.0. The molecule has 5 heteroatoms. The molecule has 2 aromatic carbocycles. The van der Waals surface area contributed by atoms with Gasteiger partial charge in [-0.3, -0.25) is 9.59 Å². The first-order valence-corrected chi connectivity index (χ1v) is 7.55. The standard InChI is InChI=1S/C18H18ClNO3/c1-11-7-8-16(12(2)9-11)23-10-14-13(5-4-6-15(14)19)17(21)18(22)20-3/h4-9H,10H2,1-3H3,(H,20,22). The second-order valence-corrected chi connectivity index (χ2v) is 5.64. The molecule has 0 saturated heterocycles. The minimum absolute atomic E-state index is 0.113. The van der Waals surface area contributed by atoms with E-state index in [1.54, 1.807) is 18.2 Å². The van der Waals surface area contributed by atoms with Crippen molar-refractivity contribution >= 4 is 23.3 Å². The van der Waals surface area contributed by atoms with E-state index in [0.717, 1.165) is 11.1 Å². The van der Waals surface area contributed by atoms with Crippen molar-refractivity contribution in [3.63, 3.8) is 0 Å². The molecule has 0 atom stereocenters. The first kappa shape index (κ1) is 17.0. The average molecular weight is 332 g/mol. The summed E-state index contributed by atoms with van der Waals surface area (Å²) in [5.74, 6) is -0.594. The van der Waals surface area contributed by atoms with Crippen LogP contribution in [0.1, 0.15) is 27.0 Å². The number of hydrogen-bond donors (Lipinski definition) is 1. The van der Waals surface area contributed by atoms with Crippen LogP contribution in [-0.2, 0) is 11.4 Å². The van der Waals surface area contributed by atoms with E-state index in [4.69, 9.17) is 16.3 Å².